The largest absolute Gasteiger partial charge is 0.457 e. The van der Waals surface area contributed by atoms with Crippen molar-refractivity contribution in [3.63, 3.8) is 0 Å². The van der Waals surface area contributed by atoms with E-state index >= 15 is 0 Å². The average Bonchev–Trinajstić information content (AvgIpc) is 3.69. The number of aromatic nitrogens is 4. The zero-order valence-electron chi connectivity index (χ0n) is 28.7. The van der Waals surface area contributed by atoms with Crippen LogP contribution in [0.4, 0.5) is 0 Å². The van der Waals surface area contributed by atoms with Crippen molar-refractivity contribution in [2.24, 2.45) is 0 Å². The van der Waals surface area contributed by atoms with Crippen LogP contribution >= 0.6 is 0 Å². The van der Waals surface area contributed by atoms with Crippen LogP contribution in [0.5, 0.6) is 11.5 Å². The van der Waals surface area contributed by atoms with Gasteiger partial charge in [0.1, 0.15) is 23.0 Å². The van der Waals surface area contributed by atoms with Gasteiger partial charge in [-0.25, -0.2) is 9.97 Å². The molecule has 0 amide bonds. The van der Waals surface area contributed by atoms with Gasteiger partial charge in [0, 0.05) is 45.1 Å². The van der Waals surface area contributed by atoms with Crippen molar-refractivity contribution in [1.82, 2.24) is 18.9 Å². The maximum atomic E-state index is 6.73. The van der Waals surface area contributed by atoms with E-state index in [2.05, 4.69) is 174 Å². The predicted molar refractivity (Wildman–Crippen MR) is 210 cm³/mol. The number of ether oxygens (including phenoxy) is 1. The summed E-state index contributed by atoms with van der Waals surface area (Å²) in [6, 6.07) is 54.1. The molecule has 246 valence electrons. The Kier molecular flexibility index (Phi) is 5.95. The molecule has 1 aliphatic heterocycles. The van der Waals surface area contributed by atoms with Crippen LogP contribution in [0.2, 0.25) is 0 Å². The van der Waals surface area contributed by atoms with Gasteiger partial charge in [0.25, 0.3) is 0 Å². The van der Waals surface area contributed by atoms with Gasteiger partial charge in [0.2, 0.25) is 0 Å². The van der Waals surface area contributed by atoms with E-state index in [0.29, 0.717) is 0 Å². The van der Waals surface area contributed by atoms with E-state index in [9.17, 15) is 0 Å². The normalized spacial score (nSPS) is 13.3. The molecule has 52 heavy (non-hydrogen) atoms. The molecule has 0 N–H and O–H groups in total. The van der Waals surface area contributed by atoms with E-state index in [-0.39, 0.29) is 0 Å². The number of hydrogen-bond acceptors (Lipinski definition) is 3. The number of nitrogens with zero attached hydrogens (tertiary/aromatic N) is 4. The molecule has 0 bridgehead atoms. The molecular weight excluding hydrogens is 637 g/mol. The summed E-state index contributed by atoms with van der Waals surface area (Å²) in [5, 5.41) is 5.78. The zero-order chi connectivity index (χ0) is 34.6. The fraction of sp³-hybridized carbons (Fsp3) is 0.0638. The Labute approximate surface area is 300 Å². The number of hydrogen-bond donors (Lipinski definition) is 0. The highest BCUT2D eigenvalue weighted by molar-refractivity contribution is 6.13. The van der Waals surface area contributed by atoms with E-state index in [1.54, 1.807) is 0 Å². The third-order valence-electron chi connectivity index (χ3n) is 11.2. The standard InChI is InChI=1S/C47H32N4O/c1-29-30(2)50-42-21-10-9-17-36(42)35-24-22-33(27-39(35)45(50)49-29)52-34-23-25-37-38-18-11-19-40-44(38)51(43(37)28-34)46-41(20-12-26-48-46)47(40,31-13-5-3-6-14-31)32-15-7-4-8-16-32/h3-28H,1-2H3. The lowest BCUT2D eigenvalue weighted by atomic mass is 9.63. The predicted octanol–water partition coefficient (Wildman–Crippen LogP) is 11.2. The van der Waals surface area contributed by atoms with Gasteiger partial charge in [-0.15, -0.1) is 0 Å². The second-order valence-electron chi connectivity index (χ2n) is 13.8. The minimum atomic E-state index is -0.556. The minimum absolute atomic E-state index is 0.556. The summed E-state index contributed by atoms with van der Waals surface area (Å²) in [5.74, 6) is 2.46. The van der Waals surface area contributed by atoms with Crippen LogP contribution in [-0.4, -0.2) is 18.9 Å². The molecule has 6 aromatic carbocycles. The Hall–Kier alpha value is -6.72. The first kappa shape index (κ1) is 29.1. The second kappa shape index (κ2) is 10.6. The van der Waals surface area contributed by atoms with Crippen LogP contribution in [0.3, 0.4) is 0 Å². The molecule has 5 heteroatoms. The molecule has 10 aromatic rings. The Morgan fingerprint density at radius 1 is 0.538 bits per heavy atom. The third-order valence-corrected chi connectivity index (χ3v) is 11.2. The van der Waals surface area contributed by atoms with Gasteiger partial charge in [0.05, 0.1) is 27.7 Å². The van der Waals surface area contributed by atoms with Gasteiger partial charge in [0.15, 0.2) is 0 Å². The number of benzene rings is 6. The number of aryl methyl sites for hydroxylation is 2. The highest BCUT2D eigenvalue weighted by Crippen LogP contribution is 2.54. The van der Waals surface area contributed by atoms with E-state index in [4.69, 9.17) is 14.7 Å². The fourth-order valence-electron chi connectivity index (χ4n) is 8.94. The number of para-hydroxylation sites is 2. The molecule has 0 spiro atoms. The van der Waals surface area contributed by atoms with E-state index in [1.165, 1.54) is 33.0 Å². The van der Waals surface area contributed by atoms with Crippen LogP contribution in [0.1, 0.15) is 33.6 Å². The summed E-state index contributed by atoms with van der Waals surface area (Å²) in [6.07, 6.45) is 1.91. The molecule has 4 aromatic heterocycles. The Morgan fingerprint density at radius 3 is 1.98 bits per heavy atom. The smallest absolute Gasteiger partial charge is 0.145 e. The SMILES string of the molecule is Cc1nc2c3cc(Oc4ccc5c6cccc7c6n(c5c4)-c4ncccc4C7(c4ccccc4)c4ccccc4)ccc3c3ccccc3n2c1C. The molecule has 0 unspecified atom stereocenters. The van der Waals surface area contributed by atoms with E-state index in [1.807, 2.05) is 6.20 Å². The first-order valence-corrected chi connectivity index (χ1v) is 17.8. The number of rotatable bonds is 4. The van der Waals surface area contributed by atoms with Crippen molar-refractivity contribution in [3.8, 4) is 17.3 Å². The monoisotopic (exact) mass is 668 g/mol. The second-order valence-corrected chi connectivity index (χ2v) is 13.8. The van der Waals surface area contributed by atoms with Gasteiger partial charge in [-0.05, 0) is 78.4 Å². The van der Waals surface area contributed by atoms with Crippen molar-refractivity contribution in [3.05, 3.63) is 191 Å². The zero-order valence-corrected chi connectivity index (χ0v) is 28.7. The summed E-state index contributed by atoms with van der Waals surface area (Å²) < 4.78 is 11.3. The van der Waals surface area contributed by atoms with Crippen LogP contribution in [0.25, 0.3) is 54.9 Å². The summed E-state index contributed by atoms with van der Waals surface area (Å²) in [4.78, 5) is 10.2. The van der Waals surface area contributed by atoms with Crippen molar-refractivity contribution in [2.75, 3.05) is 0 Å². The number of imidazole rings is 1. The van der Waals surface area contributed by atoms with Crippen LogP contribution < -0.4 is 4.74 Å². The van der Waals surface area contributed by atoms with Crippen molar-refractivity contribution >= 4 is 49.1 Å². The molecule has 0 fully saturated rings. The highest BCUT2D eigenvalue weighted by Gasteiger charge is 2.45. The van der Waals surface area contributed by atoms with Crippen LogP contribution in [-0.2, 0) is 5.41 Å². The number of pyridine rings is 2. The van der Waals surface area contributed by atoms with Crippen LogP contribution in [0.15, 0.2) is 158 Å². The van der Waals surface area contributed by atoms with Crippen molar-refractivity contribution in [1.29, 1.82) is 0 Å². The summed E-state index contributed by atoms with van der Waals surface area (Å²) >= 11 is 0. The molecule has 0 aliphatic carbocycles. The Morgan fingerprint density at radius 2 is 1.19 bits per heavy atom. The minimum Gasteiger partial charge on any atom is -0.457 e. The van der Waals surface area contributed by atoms with E-state index in [0.717, 1.165) is 67.1 Å². The molecule has 0 saturated heterocycles. The first-order valence-electron chi connectivity index (χ1n) is 17.8. The molecule has 0 atom stereocenters. The van der Waals surface area contributed by atoms with Crippen molar-refractivity contribution < 1.29 is 4.74 Å². The third kappa shape index (κ3) is 3.77. The number of fused-ring (bicyclic) bond motifs is 11. The summed E-state index contributed by atoms with van der Waals surface area (Å²) in [5.41, 5.74) is 10.8. The van der Waals surface area contributed by atoms with Crippen molar-refractivity contribution in [2.45, 2.75) is 19.3 Å². The molecular formula is C47H32N4O. The molecule has 5 heterocycles. The molecule has 0 radical (unpaired) electrons. The quantitative estimate of drug-likeness (QED) is 0.175. The maximum Gasteiger partial charge on any atom is 0.145 e. The van der Waals surface area contributed by atoms with Gasteiger partial charge in [-0.3, -0.25) is 8.97 Å². The molecule has 0 saturated carbocycles. The lowest BCUT2D eigenvalue weighted by molar-refractivity contribution is 0.484. The fourth-order valence-corrected chi connectivity index (χ4v) is 8.94. The van der Waals surface area contributed by atoms with Crippen LogP contribution in [0, 0.1) is 13.8 Å². The lowest BCUT2D eigenvalue weighted by Gasteiger charge is -2.41. The van der Waals surface area contributed by atoms with Gasteiger partial charge in [-0.2, -0.15) is 0 Å². The molecule has 5 nitrogen and oxygen atoms in total. The first-order chi connectivity index (χ1) is 25.6. The lowest BCUT2D eigenvalue weighted by Crippen LogP contribution is -2.35. The topological polar surface area (TPSA) is 44.3 Å². The maximum absolute atomic E-state index is 6.73. The summed E-state index contributed by atoms with van der Waals surface area (Å²) in [6.45, 7) is 4.22. The Bertz CT molecular complexity index is 3030. The van der Waals surface area contributed by atoms with E-state index < -0.39 is 5.41 Å². The van der Waals surface area contributed by atoms with Gasteiger partial charge >= 0.3 is 0 Å². The van der Waals surface area contributed by atoms with Gasteiger partial charge in [-0.1, -0.05) is 103 Å². The Balaban J connectivity index is 1.14. The molecule has 1 aliphatic rings. The van der Waals surface area contributed by atoms with Gasteiger partial charge < -0.3 is 4.74 Å². The molecule has 11 rings (SSSR count). The average molecular weight is 669 g/mol. The summed E-state index contributed by atoms with van der Waals surface area (Å²) in [7, 11) is 0. The highest BCUT2D eigenvalue weighted by atomic mass is 16.5.